The van der Waals surface area contributed by atoms with Gasteiger partial charge in [0.25, 0.3) is 0 Å². The van der Waals surface area contributed by atoms with E-state index in [0.29, 0.717) is 19.0 Å². The Kier molecular flexibility index (Phi) is 4.26. The molecule has 1 atom stereocenters. The second-order valence-electron chi connectivity index (χ2n) is 4.76. The molecular weight excluding hydrogens is 290 g/mol. The van der Waals surface area contributed by atoms with Crippen molar-refractivity contribution in [3.05, 3.63) is 23.8 Å². The number of hydrogen-bond acceptors (Lipinski definition) is 7. The minimum Gasteiger partial charge on any atom is -0.490 e. The molecule has 21 heavy (non-hydrogen) atoms. The number of benzene rings is 1. The summed E-state index contributed by atoms with van der Waals surface area (Å²) in [6, 6.07) is 5.74. The molecule has 2 aromatic rings. The lowest BCUT2D eigenvalue weighted by atomic mass is 10.1. The zero-order valence-corrected chi connectivity index (χ0v) is 12.5. The SMILES string of the molecule is Cn1nnnc1SCC(N)c1ccc2c(c1)OCCCO2. The maximum absolute atomic E-state index is 6.24. The quantitative estimate of drug-likeness (QED) is 0.848. The minimum absolute atomic E-state index is 0.121. The Morgan fingerprint density at radius 2 is 2.14 bits per heavy atom. The van der Waals surface area contributed by atoms with E-state index in [0.717, 1.165) is 28.6 Å². The molecule has 0 fully saturated rings. The fourth-order valence-electron chi connectivity index (χ4n) is 2.01. The van der Waals surface area contributed by atoms with Crippen LogP contribution < -0.4 is 15.2 Å². The van der Waals surface area contributed by atoms with Crippen LogP contribution in [0.15, 0.2) is 23.4 Å². The Balaban J connectivity index is 1.68. The molecule has 1 aliphatic heterocycles. The number of aryl methyl sites for hydroxylation is 1. The third-order valence-electron chi connectivity index (χ3n) is 3.17. The molecule has 1 aromatic carbocycles. The van der Waals surface area contributed by atoms with Gasteiger partial charge in [-0.15, -0.1) is 5.10 Å². The van der Waals surface area contributed by atoms with Crippen molar-refractivity contribution in [2.45, 2.75) is 17.6 Å². The molecule has 1 unspecified atom stereocenters. The number of tetrazole rings is 1. The summed E-state index contributed by atoms with van der Waals surface area (Å²) in [5, 5.41) is 12.1. The van der Waals surface area contributed by atoms with E-state index < -0.39 is 0 Å². The van der Waals surface area contributed by atoms with Crippen LogP contribution in [0.2, 0.25) is 0 Å². The van der Waals surface area contributed by atoms with Gasteiger partial charge in [0.1, 0.15) is 0 Å². The van der Waals surface area contributed by atoms with Crippen molar-refractivity contribution in [3.63, 3.8) is 0 Å². The number of fused-ring (bicyclic) bond motifs is 1. The lowest BCUT2D eigenvalue weighted by Crippen LogP contribution is -2.13. The molecule has 0 amide bonds. The number of aromatic nitrogens is 4. The van der Waals surface area contributed by atoms with Gasteiger partial charge in [-0.2, -0.15) is 0 Å². The van der Waals surface area contributed by atoms with Crippen LogP contribution >= 0.6 is 11.8 Å². The summed E-state index contributed by atoms with van der Waals surface area (Å²) in [5.41, 5.74) is 7.25. The van der Waals surface area contributed by atoms with E-state index in [-0.39, 0.29) is 6.04 Å². The molecule has 0 aliphatic carbocycles. The first-order valence-electron chi connectivity index (χ1n) is 6.74. The van der Waals surface area contributed by atoms with Crippen LogP contribution in [0.25, 0.3) is 0 Å². The number of hydrogen-bond donors (Lipinski definition) is 1. The van der Waals surface area contributed by atoms with Crippen molar-refractivity contribution in [3.8, 4) is 11.5 Å². The third-order valence-corrected chi connectivity index (χ3v) is 4.30. The lowest BCUT2D eigenvalue weighted by molar-refractivity contribution is 0.297. The predicted molar refractivity (Wildman–Crippen MR) is 78.5 cm³/mol. The first-order valence-corrected chi connectivity index (χ1v) is 7.73. The summed E-state index contributed by atoms with van der Waals surface area (Å²) in [6.07, 6.45) is 0.894. The van der Waals surface area contributed by atoms with Crippen molar-refractivity contribution in [2.75, 3.05) is 19.0 Å². The van der Waals surface area contributed by atoms with E-state index in [1.807, 2.05) is 18.2 Å². The summed E-state index contributed by atoms with van der Waals surface area (Å²) in [4.78, 5) is 0. The first-order chi connectivity index (χ1) is 10.2. The van der Waals surface area contributed by atoms with Crippen LogP contribution in [-0.4, -0.2) is 39.2 Å². The van der Waals surface area contributed by atoms with E-state index >= 15 is 0 Å². The van der Waals surface area contributed by atoms with Crippen LogP contribution in [0.1, 0.15) is 18.0 Å². The highest BCUT2D eigenvalue weighted by Crippen LogP contribution is 2.32. The largest absolute Gasteiger partial charge is 0.490 e. The standard InChI is InChI=1S/C13H17N5O2S/c1-18-13(15-16-17-18)21-8-10(14)9-3-4-11-12(7-9)20-6-2-5-19-11/h3-4,7,10H,2,5-6,8,14H2,1H3. The molecule has 3 rings (SSSR count). The van der Waals surface area contributed by atoms with E-state index in [2.05, 4.69) is 15.5 Å². The van der Waals surface area contributed by atoms with Gasteiger partial charge in [-0.1, -0.05) is 17.8 Å². The predicted octanol–water partition coefficient (Wildman–Crippen LogP) is 1.16. The van der Waals surface area contributed by atoms with Gasteiger partial charge in [-0.3, -0.25) is 0 Å². The minimum atomic E-state index is -0.121. The molecule has 1 aliphatic rings. The Labute approximate surface area is 126 Å². The molecule has 0 saturated heterocycles. The van der Waals surface area contributed by atoms with Crippen molar-refractivity contribution < 1.29 is 9.47 Å². The van der Waals surface area contributed by atoms with Crippen LogP contribution in [-0.2, 0) is 7.05 Å². The molecule has 8 heteroatoms. The van der Waals surface area contributed by atoms with Crippen LogP contribution in [0.4, 0.5) is 0 Å². The van der Waals surface area contributed by atoms with Crippen LogP contribution in [0.5, 0.6) is 11.5 Å². The number of rotatable bonds is 4. The Morgan fingerprint density at radius 3 is 2.90 bits per heavy atom. The van der Waals surface area contributed by atoms with Crippen molar-refractivity contribution >= 4 is 11.8 Å². The number of thioether (sulfide) groups is 1. The van der Waals surface area contributed by atoms with Gasteiger partial charge in [0.2, 0.25) is 5.16 Å². The van der Waals surface area contributed by atoms with Crippen LogP contribution in [0, 0.1) is 0 Å². The number of nitrogens with two attached hydrogens (primary N) is 1. The van der Waals surface area contributed by atoms with Gasteiger partial charge in [-0.05, 0) is 28.1 Å². The summed E-state index contributed by atoms with van der Waals surface area (Å²) in [7, 11) is 1.81. The molecule has 1 aromatic heterocycles. The summed E-state index contributed by atoms with van der Waals surface area (Å²) < 4.78 is 12.9. The van der Waals surface area contributed by atoms with Gasteiger partial charge in [0.05, 0.1) is 13.2 Å². The first kappa shape index (κ1) is 14.2. The monoisotopic (exact) mass is 307 g/mol. The Hall–Kier alpha value is -1.80. The second-order valence-corrected chi connectivity index (χ2v) is 5.75. The molecule has 2 heterocycles. The molecule has 112 valence electrons. The highest BCUT2D eigenvalue weighted by molar-refractivity contribution is 7.99. The lowest BCUT2D eigenvalue weighted by Gasteiger charge is -2.14. The zero-order chi connectivity index (χ0) is 14.7. The Morgan fingerprint density at radius 1 is 1.33 bits per heavy atom. The molecular formula is C13H17N5O2S. The van der Waals surface area contributed by atoms with Gasteiger partial charge in [0.15, 0.2) is 11.5 Å². The van der Waals surface area contributed by atoms with Crippen LogP contribution in [0.3, 0.4) is 0 Å². The average Bonchev–Trinajstić information content (AvgIpc) is 2.76. The highest BCUT2D eigenvalue weighted by atomic mass is 32.2. The van der Waals surface area contributed by atoms with Crippen molar-refractivity contribution in [1.82, 2.24) is 20.2 Å². The summed E-state index contributed by atoms with van der Waals surface area (Å²) in [5.74, 6) is 2.24. The average molecular weight is 307 g/mol. The second kappa shape index (κ2) is 6.31. The molecule has 0 saturated carbocycles. The molecule has 0 bridgehead atoms. The fraction of sp³-hybridized carbons (Fsp3) is 0.462. The summed E-state index contributed by atoms with van der Waals surface area (Å²) in [6.45, 7) is 1.36. The number of nitrogens with zero attached hydrogens (tertiary/aromatic N) is 4. The topological polar surface area (TPSA) is 88.1 Å². The van der Waals surface area contributed by atoms with Gasteiger partial charge >= 0.3 is 0 Å². The highest BCUT2D eigenvalue weighted by Gasteiger charge is 2.15. The maximum atomic E-state index is 6.24. The number of ether oxygens (including phenoxy) is 2. The smallest absolute Gasteiger partial charge is 0.209 e. The zero-order valence-electron chi connectivity index (χ0n) is 11.7. The Bertz CT molecular complexity index is 618. The van der Waals surface area contributed by atoms with E-state index in [1.165, 1.54) is 11.8 Å². The maximum Gasteiger partial charge on any atom is 0.209 e. The van der Waals surface area contributed by atoms with E-state index in [4.69, 9.17) is 15.2 Å². The molecule has 0 radical (unpaired) electrons. The van der Waals surface area contributed by atoms with Gasteiger partial charge < -0.3 is 15.2 Å². The van der Waals surface area contributed by atoms with Gasteiger partial charge in [-0.25, -0.2) is 4.68 Å². The molecule has 0 spiro atoms. The summed E-state index contributed by atoms with van der Waals surface area (Å²) >= 11 is 1.53. The molecule has 7 nitrogen and oxygen atoms in total. The molecule has 2 N–H and O–H groups in total. The van der Waals surface area contributed by atoms with E-state index in [9.17, 15) is 0 Å². The van der Waals surface area contributed by atoms with E-state index in [1.54, 1.807) is 11.7 Å². The normalized spacial score (nSPS) is 15.5. The fourth-order valence-corrected chi connectivity index (χ4v) is 2.85. The van der Waals surface area contributed by atoms with Crippen molar-refractivity contribution in [2.24, 2.45) is 12.8 Å². The van der Waals surface area contributed by atoms with Gasteiger partial charge in [0, 0.05) is 25.3 Å². The third kappa shape index (κ3) is 3.27. The van der Waals surface area contributed by atoms with Crippen molar-refractivity contribution in [1.29, 1.82) is 0 Å².